The van der Waals surface area contributed by atoms with Crippen molar-refractivity contribution in [1.82, 2.24) is 4.90 Å². The third kappa shape index (κ3) is 12.1. The molecule has 16 heteroatoms. The highest BCUT2D eigenvalue weighted by Crippen LogP contribution is 2.42. The fraction of sp³-hybridized carbons (Fsp3) is 0.957. The number of cyclic esters (lactones) is 1. The summed E-state index contributed by atoms with van der Waals surface area (Å²) in [5, 5.41) is 64.9. The van der Waals surface area contributed by atoms with E-state index >= 15 is 0 Å². The second-order valence-corrected chi connectivity index (χ2v) is 20.3. The quantitative estimate of drug-likeness (QED) is 0.109. The summed E-state index contributed by atoms with van der Waals surface area (Å²) in [5.41, 5.74) is -4.43. The van der Waals surface area contributed by atoms with Crippen molar-refractivity contribution in [3.8, 4) is 0 Å². The van der Waals surface area contributed by atoms with Crippen LogP contribution >= 0.6 is 0 Å². The lowest BCUT2D eigenvalue weighted by Gasteiger charge is -2.49. The molecule has 3 aliphatic heterocycles. The van der Waals surface area contributed by atoms with Crippen molar-refractivity contribution in [3.63, 3.8) is 0 Å². The van der Waals surface area contributed by atoms with E-state index in [1.165, 1.54) is 14.0 Å². The molecule has 0 aromatic heterocycles. The molecule has 362 valence electrons. The van der Waals surface area contributed by atoms with Crippen LogP contribution in [0.2, 0.25) is 0 Å². The predicted octanol–water partition coefficient (Wildman–Crippen LogP) is 4.67. The summed E-state index contributed by atoms with van der Waals surface area (Å²) < 4.78 is 44.4. The van der Waals surface area contributed by atoms with Gasteiger partial charge >= 0.3 is 5.97 Å². The zero-order valence-electron chi connectivity index (χ0n) is 40.4. The average molecular weight is 889 g/mol. The molecule has 0 aromatic rings. The minimum Gasteiger partial charge on any atom is -0.459 e. The van der Waals surface area contributed by atoms with Gasteiger partial charge in [0.15, 0.2) is 12.6 Å². The first-order valence-corrected chi connectivity index (χ1v) is 23.2. The first-order chi connectivity index (χ1) is 28.7. The Kier molecular flexibility index (Phi) is 18.3. The van der Waals surface area contributed by atoms with Crippen molar-refractivity contribution in [2.45, 2.75) is 237 Å². The summed E-state index contributed by atoms with van der Waals surface area (Å²) in [6.45, 7) is 21.1. The number of rotatable bonds is 11. The number of methoxy groups -OCH3 is 1. The fourth-order valence-electron chi connectivity index (χ4n) is 10.5. The number of aliphatic hydroxyl groups is 5. The highest BCUT2D eigenvalue weighted by atomic mass is 16.8. The van der Waals surface area contributed by atoms with Crippen LogP contribution < -0.4 is 0 Å². The molecule has 4 fully saturated rings. The molecule has 18 atom stereocenters. The maximum absolute atomic E-state index is 14.5. The van der Waals surface area contributed by atoms with E-state index in [2.05, 4.69) is 0 Å². The Balaban J connectivity index is 1.90. The van der Waals surface area contributed by atoms with Crippen LogP contribution in [0.5, 0.6) is 0 Å². The lowest BCUT2D eigenvalue weighted by molar-refractivity contribution is -0.318. The average Bonchev–Trinajstić information content (AvgIpc) is 3.19. The predicted molar refractivity (Wildman–Crippen MR) is 232 cm³/mol. The van der Waals surface area contributed by atoms with Gasteiger partial charge in [-0.2, -0.15) is 0 Å². The highest BCUT2D eigenvalue weighted by molar-refractivity contribution is 5.88. The largest absolute Gasteiger partial charge is 0.459 e. The number of hydrogen-bond acceptors (Lipinski definition) is 16. The van der Waals surface area contributed by atoms with Crippen LogP contribution in [0.25, 0.3) is 0 Å². The number of ether oxygens (including phenoxy) is 7. The maximum atomic E-state index is 14.5. The van der Waals surface area contributed by atoms with E-state index in [4.69, 9.17) is 43.2 Å². The van der Waals surface area contributed by atoms with Crippen LogP contribution in [0.15, 0.2) is 5.16 Å². The molecule has 1 aliphatic carbocycles. The van der Waals surface area contributed by atoms with E-state index in [1.54, 1.807) is 48.5 Å². The van der Waals surface area contributed by atoms with Gasteiger partial charge in [0.2, 0.25) is 5.79 Å². The van der Waals surface area contributed by atoms with Crippen LogP contribution in [0.3, 0.4) is 0 Å². The molecule has 0 spiro atoms. The van der Waals surface area contributed by atoms with Crippen molar-refractivity contribution in [2.75, 3.05) is 21.2 Å². The number of carbonyl (C=O) groups excluding carboxylic acids is 1. The number of carbonyl (C=O) groups is 1. The minimum absolute atomic E-state index is 0.00935. The molecule has 4 rings (SSSR count). The van der Waals surface area contributed by atoms with Gasteiger partial charge in [-0.25, -0.2) is 0 Å². The van der Waals surface area contributed by atoms with Crippen molar-refractivity contribution in [2.24, 2.45) is 28.8 Å². The molecule has 0 amide bonds. The minimum atomic E-state index is -1.96. The van der Waals surface area contributed by atoms with Crippen LogP contribution in [-0.2, 0) is 42.8 Å². The van der Waals surface area contributed by atoms with Gasteiger partial charge < -0.3 is 68.4 Å². The summed E-state index contributed by atoms with van der Waals surface area (Å²) in [4.78, 5) is 22.8. The smallest absolute Gasteiger partial charge is 0.311 e. The molecular formula is C46H84N2O14. The lowest BCUT2D eigenvalue weighted by Crippen LogP contribution is -2.61. The van der Waals surface area contributed by atoms with Crippen molar-refractivity contribution in [1.29, 1.82) is 0 Å². The first kappa shape index (κ1) is 53.1. The molecular weight excluding hydrogens is 805 g/mol. The molecule has 3 saturated heterocycles. The summed E-state index contributed by atoms with van der Waals surface area (Å²) >= 11 is 0. The number of esters is 1. The number of oxime groups is 1. The third-order valence-electron chi connectivity index (χ3n) is 14.2. The summed E-state index contributed by atoms with van der Waals surface area (Å²) in [5.74, 6) is -5.10. The standard InChI is InChI=1S/C46H84N2O14/c1-16-33-45(12,54)38(50)28(6)35(47-62-46(61-25(2)3)20-18-17-19-21-46)26(4)23-43(10,53)40(60-42-36(49)32(48(13)14)22-27(5)56-42)29(7)37(30(8)41(52)58-33)59-34-24-44(11,55-15)39(51)31(9)57-34/h25-34,36-40,42,49-51,53-54H,16-24H2,1-15H3/b47-35+/t26-,27-,28+,29+,30-,31+,32+,33-,34+,36-,37+,38-,39+,40-,42+,43-,44-,45-/m1/s1. The van der Waals surface area contributed by atoms with E-state index in [9.17, 15) is 30.3 Å². The van der Waals surface area contributed by atoms with Crippen LogP contribution in [0.1, 0.15) is 141 Å². The van der Waals surface area contributed by atoms with Crippen LogP contribution in [-0.4, -0.2) is 159 Å². The maximum Gasteiger partial charge on any atom is 0.311 e. The number of nitrogens with zero attached hydrogens (tertiary/aromatic N) is 2. The second-order valence-electron chi connectivity index (χ2n) is 20.3. The van der Waals surface area contributed by atoms with E-state index in [0.717, 1.165) is 19.3 Å². The molecule has 0 bridgehead atoms. The van der Waals surface area contributed by atoms with E-state index in [0.29, 0.717) is 25.0 Å². The Morgan fingerprint density at radius 3 is 2.08 bits per heavy atom. The molecule has 16 nitrogen and oxygen atoms in total. The Labute approximate surface area is 371 Å². The Morgan fingerprint density at radius 1 is 0.887 bits per heavy atom. The summed E-state index contributed by atoms with van der Waals surface area (Å²) in [6, 6.07) is -0.324. The molecule has 5 N–H and O–H groups in total. The van der Waals surface area contributed by atoms with E-state index < -0.39 is 108 Å². The Hall–Kier alpha value is -1.54. The van der Waals surface area contributed by atoms with Crippen molar-refractivity contribution >= 4 is 11.7 Å². The molecule has 4 aliphatic rings. The Morgan fingerprint density at radius 2 is 1.52 bits per heavy atom. The summed E-state index contributed by atoms with van der Waals surface area (Å²) in [6.07, 6.45) is -5.52. The van der Waals surface area contributed by atoms with Crippen LogP contribution in [0, 0.1) is 23.7 Å². The van der Waals surface area contributed by atoms with Crippen molar-refractivity contribution in [3.05, 3.63) is 0 Å². The normalized spacial score (nSPS) is 46.1. The molecule has 0 aromatic carbocycles. The second kappa shape index (κ2) is 21.4. The van der Waals surface area contributed by atoms with Gasteiger partial charge in [0, 0.05) is 50.2 Å². The zero-order chi connectivity index (χ0) is 46.7. The third-order valence-corrected chi connectivity index (χ3v) is 14.2. The van der Waals surface area contributed by atoms with Gasteiger partial charge in [-0.15, -0.1) is 0 Å². The van der Waals surface area contributed by atoms with E-state index in [1.807, 2.05) is 46.7 Å². The van der Waals surface area contributed by atoms with Gasteiger partial charge in [0.05, 0.1) is 59.5 Å². The molecule has 0 radical (unpaired) electrons. The van der Waals surface area contributed by atoms with Gasteiger partial charge in [0.1, 0.15) is 23.9 Å². The van der Waals surface area contributed by atoms with Gasteiger partial charge in [-0.3, -0.25) is 4.79 Å². The molecule has 62 heavy (non-hydrogen) atoms. The highest BCUT2D eigenvalue weighted by Gasteiger charge is 2.53. The Bertz CT molecular complexity index is 1460. The van der Waals surface area contributed by atoms with Crippen molar-refractivity contribution < 1.29 is 68.3 Å². The summed E-state index contributed by atoms with van der Waals surface area (Å²) in [7, 11) is 5.26. The topological polar surface area (TPSA) is 208 Å². The zero-order valence-corrected chi connectivity index (χ0v) is 40.4. The molecule has 3 heterocycles. The van der Waals surface area contributed by atoms with Gasteiger partial charge in [0.25, 0.3) is 0 Å². The van der Waals surface area contributed by atoms with Gasteiger partial charge in [-0.05, 0) is 102 Å². The monoisotopic (exact) mass is 889 g/mol. The molecule has 0 unspecified atom stereocenters. The van der Waals surface area contributed by atoms with Gasteiger partial charge in [-0.1, -0.05) is 39.3 Å². The molecule has 1 saturated carbocycles. The van der Waals surface area contributed by atoms with Crippen LogP contribution in [0.4, 0.5) is 0 Å². The number of likely N-dealkylation sites (N-methyl/N-ethyl adjacent to an activating group) is 1. The lowest BCUT2D eigenvalue weighted by atomic mass is 9.73. The first-order valence-electron chi connectivity index (χ1n) is 23.2. The SMILES string of the molecule is CC[C@H]1OC(=O)[C@H](C)[C@@H](O[C@H]2C[C@@](C)(OC)[C@@H](O)[C@H](C)O2)[C@H](C)[C@@H](O[C@@H]2O[C@H](C)C[C@H](N(C)C)[C@H]2O)[C@](C)(O)C[C@@H](C)/C(=N\OC2(OC(C)C)CCCCC2)[C@H](C)[C@@H](O)[C@]1(C)O. The fourth-order valence-corrected chi connectivity index (χ4v) is 10.5. The number of hydrogen-bond donors (Lipinski definition) is 5. The number of aliphatic hydroxyl groups excluding tert-OH is 3. The van der Waals surface area contributed by atoms with E-state index in [-0.39, 0.29) is 37.5 Å².